The molecule has 3 aromatic rings. The van der Waals surface area contributed by atoms with Crippen LogP contribution < -0.4 is 5.32 Å². The Kier molecular flexibility index (Phi) is 3.35. The van der Waals surface area contributed by atoms with Gasteiger partial charge in [0, 0.05) is 20.8 Å². The number of esters is 1. The van der Waals surface area contributed by atoms with Crippen LogP contribution in [0, 0.1) is 0 Å². The van der Waals surface area contributed by atoms with Crippen molar-refractivity contribution in [2.24, 2.45) is 0 Å². The summed E-state index contributed by atoms with van der Waals surface area (Å²) in [6, 6.07) is 10.3. The first-order valence-corrected chi connectivity index (χ1v) is 8.71. The van der Waals surface area contributed by atoms with Gasteiger partial charge in [-0.25, -0.2) is 4.79 Å². The van der Waals surface area contributed by atoms with E-state index in [2.05, 4.69) is 17.4 Å². The molecule has 0 saturated heterocycles. The summed E-state index contributed by atoms with van der Waals surface area (Å²) in [5.74, 6) is -0.650. The van der Waals surface area contributed by atoms with E-state index in [1.165, 1.54) is 16.0 Å². The first-order valence-electron chi connectivity index (χ1n) is 7.08. The summed E-state index contributed by atoms with van der Waals surface area (Å²) in [5.41, 5.74) is 0. The quantitative estimate of drug-likeness (QED) is 0.744. The molecule has 1 aliphatic carbocycles. The molecular formula is C16H13NO3S2. The van der Waals surface area contributed by atoms with Crippen LogP contribution in [0.5, 0.6) is 0 Å². The third kappa shape index (κ3) is 2.60. The number of nitrogens with one attached hydrogen (secondary N) is 1. The van der Waals surface area contributed by atoms with Gasteiger partial charge in [-0.05, 0) is 25.0 Å². The third-order valence-electron chi connectivity index (χ3n) is 3.53. The zero-order chi connectivity index (χ0) is 15.1. The minimum Gasteiger partial charge on any atom is -0.451 e. The Bertz CT molecular complexity index is 876. The lowest BCUT2D eigenvalue weighted by Gasteiger charge is -2.03. The second-order valence-electron chi connectivity index (χ2n) is 5.32. The smallest absolute Gasteiger partial charge is 0.348 e. The highest BCUT2D eigenvalue weighted by Crippen LogP contribution is 2.39. The summed E-state index contributed by atoms with van der Waals surface area (Å²) in [6.45, 7) is -0.207. The van der Waals surface area contributed by atoms with Crippen LogP contribution in [0.2, 0.25) is 0 Å². The van der Waals surface area contributed by atoms with Gasteiger partial charge in [-0.2, -0.15) is 0 Å². The molecule has 1 fully saturated rings. The van der Waals surface area contributed by atoms with Gasteiger partial charge in [-0.15, -0.1) is 22.7 Å². The molecule has 1 N–H and O–H groups in total. The number of ether oxygens (including phenoxy) is 1. The number of amides is 1. The molecular weight excluding hydrogens is 318 g/mol. The molecule has 0 bridgehead atoms. The van der Waals surface area contributed by atoms with E-state index in [0.717, 1.165) is 27.6 Å². The molecule has 4 nitrogen and oxygen atoms in total. The average Bonchev–Trinajstić information content (AvgIpc) is 3.11. The van der Waals surface area contributed by atoms with Crippen LogP contribution in [-0.2, 0) is 9.53 Å². The molecule has 2 heterocycles. The minimum atomic E-state index is -0.427. The first kappa shape index (κ1) is 13.7. The number of carbonyl (C=O) groups excluding carboxylic acids is 2. The van der Waals surface area contributed by atoms with E-state index >= 15 is 0 Å². The number of carbonyl (C=O) groups is 2. The van der Waals surface area contributed by atoms with Crippen molar-refractivity contribution in [2.45, 2.75) is 18.9 Å². The fourth-order valence-electron chi connectivity index (χ4n) is 2.30. The van der Waals surface area contributed by atoms with E-state index in [-0.39, 0.29) is 18.6 Å². The molecule has 1 aromatic carbocycles. The summed E-state index contributed by atoms with van der Waals surface area (Å²) >= 11 is 3.09. The number of hydrogen-bond acceptors (Lipinski definition) is 5. The summed E-state index contributed by atoms with van der Waals surface area (Å²) in [5, 5.41) is 3.96. The van der Waals surface area contributed by atoms with Crippen molar-refractivity contribution in [1.82, 2.24) is 5.32 Å². The zero-order valence-corrected chi connectivity index (χ0v) is 13.3. The molecule has 22 heavy (non-hydrogen) atoms. The summed E-state index contributed by atoms with van der Waals surface area (Å²) < 4.78 is 8.50. The van der Waals surface area contributed by atoms with E-state index in [1.54, 1.807) is 11.3 Å². The molecule has 0 unspecified atom stereocenters. The van der Waals surface area contributed by atoms with Crippen LogP contribution >= 0.6 is 22.7 Å². The van der Waals surface area contributed by atoms with Crippen molar-refractivity contribution in [3.05, 3.63) is 35.2 Å². The van der Waals surface area contributed by atoms with Gasteiger partial charge in [-0.3, -0.25) is 4.79 Å². The van der Waals surface area contributed by atoms with Gasteiger partial charge in [0.2, 0.25) is 0 Å². The summed E-state index contributed by atoms with van der Waals surface area (Å²) in [6.07, 6.45) is 2.04. The van der Waals surface area contributed by atoms with Crippen LogP contribution in [0.15, 0.2) is 30.3 Å². The second kappa shape index (κ2) is 5.37. The van der Waals surface area contributed by atoms with Gasteiger partial charge >= 0.3 is 5.97 Å². The average molecular weight is 331 g/mol. The highest BCUT2D eigenvalue weighted by atomic mass is 32.1. The molecule has 0 spiro atoms. The molecule has 2 aromatic heterocycles. The Labute approximate surface area is 134 Å². The summed E-state index contributed by atoms with van der Waals surface area (Å²) in [7, 11) is 0. The van der Waals surface area contributed by atoms with Crippen molar-refractivity contribution in [3.8, 4) is 0 Å². The predicted octanol–water partition coefficient (Wildman–Crippen LogP) is 3.55. The molecule has 1 aliphatic rings. The Balaban J connectivity index is 1.50. The zero-order valence-electron chi connectivity index (χ0n) is 11.6. The van der Waals surface area contributed by atoms with Crippen LogP contribution in [0.25, 0.3) is 19.5 Å². The van der Waals surface area contributed by atoms with Crippen molar-refractivity contribution in [2.75, 3.05) is 6.61 Å². The number of fused-ring (bicyclic) bond motifs is 3. The van der Waals surface area contributed by atoms with Gasteiger partial charge in [-0.1, -0.05) is 18.2 Å². The lowest BCUT2D eigenvalue weighted by atomic mass is 10.2. The molecule has 0 radical (unpaired) electrons. The van der Waals surface area contributed by atoms with Crippen LogP contribution in [0.3, 0.4) is 0 Å². The lowest BCUT2D eigenvalue weighted by Crippen LogP contribution is -2.30. The maximum Gasteiger partial charge on any atom is 0.348 e. The van der Waals surface area contributed by atoms with Gasteiger partial charge in [0.25, 0.3) is 5.91 Å². The maximum absolute atomic E-state index is 12.1. The van der Waals surface area contributed by atoms with E-state index in [4.69, 9.17) is 4.74 Å². The highest BCUT2D eigenvalue weighted by Gasteiger charge is 2.24. The SMILES string of the molecule is O=C(COC(=O)c1cc2sc3ccccc3c2s1)NC1CC1. The molecule has 0 aliphatic heterocycles. The molecule has 112 valence electrons. The Morgan fingerprint density at radius 1 is 1.18 bits per heavy atom. The van der Waals surface area contributed by atoms with E-state index in [1.807, 2.05) is 18.2 Å². The normalized spacial score (nSPS) is 14.4. The second-order valence-corrected chi connectivity index (χ2v) is 7.46. The summed E-state index contributed by atoms with van der Waals surface area (Å²) in [4.78, 5) is 24.2. The van der Waals surface area contributed by atoms with Crippen molar-refractivity contribution >= 4 is 54.0 Å². The van der Waals surface area contributed by atoms with Gasteiger partial charge in [0.05, 0.1) is 4.70 Å². The molecule has 0 atom stereocenters. The number of rotatable bonds is 4. The van der Waals surface area contributed by atoms with Crippen molar-refractivity contribution < 1.29 is 14.3 Å². The number of thiophene rings is 2. The molecule has 1 amide bonds. The highest BCUT2D eigenvalue weighted by molar-refractivity contribution is 7.33. The fourth-order valence-corrected chi connectivity index (χ4v) is 4.72. The Morgan fingerprint density at radius 3 is 2.82 bits per heavy atom. The van der Waals surface area contributed by atoms with Crippen LogP contribution in [-0.4, -0.2) is 24.5 Å². The molecule has 6 heteroatoms. The van der Waals surface area contributed by atoms with E-state index in [0.29, 0.717) is 4.88 Å². The topological polar surface area (TPSA) is 55.4 Å². The third-order valence-corrected chi connectivity index (χ3v) is 5.92. The van der Waals surface area contributed by atoms with Gasteiger partial charge < -0.3 is 10.1 Å². The van der Waals surface area contributed by atoms with Crippen molar-refractivity contribution in [3.63, 3.8) is 0 Å². The molecule has 1 saturated carbocycles. The fraction of sp³-hybridized carbons (Fsp3) is 0.250. The number of benzene rings is 1. The minimum absolute atomic E-state index is 0.207. The monoisotopic (exact) mass is 331 g/mol. The van der Waals surface area contributed by atoms with Crippen LogP contribution in [0.1, 0.15) is 22.5 Å². The number of hydrogen-bond donors (Lipinski definition) is 1. The van der Waals surface area contributed by atoms with E-state index < -0.39 is 5.97 Å². The lowest BCUT2D eigenvalue weighted by molar-refractivity contribution is -0.124. The van der Waals surface area contributed by atoms with Crippen molar-refractivity contribution in [1.29, 1.82) is 0 Å². The molecule has 4 rings (SSSR count). The predicted molar refractivity (Wildman–Crippen MR) is 88.7 cm³/mol. The maximum atomic E-state index is 12.1. The first-order chi connectivity index (χ1) is 10.7. The van der Waals surface area contributed by atoms with Gasteiger partial charge in [0.15, 0.2) is 6.61 Å². The van der Waals surface area contributed by atoms with E-state index in [9.17, 15) is 9.59 Å². The largest absolute Gasteiger partial charge is 0.451 e. The Morgan fingerprint density at radius 2 is 2.00 bits per heavy atom. The van der Waals surface area contributed by atoms with Crippen LogP contribution in [0.4, 0.5) is 0 Å². The van der Waals surface area contributed by atoms with Gasteiger partial charge in [0.1, 0.15) is 4.88 Å². The Hall–Kier alpha value is -1.92. The standard InChI is InChI=1S/C16H13NO3S2/c18-14(17-9-5-6-9)8-20-16(19)13-7-12-15(22-13)10-3-1-2-4-11(10)21-12/h1-4,7,9H,5-6,8H2,(H,17,18).